The molecule has 1 aromatic carbocycles. The quantitative estimate of drug-likeness (QED) is 0.671. The molecular weight excluding hydrogens is 306 g/mol. The van der Waals surface area contributed by atoms with Crippen molar-refractivity contribution < 1.29 is 14.4 Å². The van der Waals surface area contributed by atoms with Crippen LogP contribution in [-0.2, 0) is 14.4 Å². The van der Waals surface area contributed by atoms with E-state index in [0.29, 0.717) is 11.3 Å². The van der Waals surface area contributed by atoms with Crippen LogP contribution in [0.1, 0.15) is 12.0 Å². The monoisotopic (exact) mass is 321 g/mol. The van der Waals surface area contributed by atoms with Crippen molar-refractivity contribution in [1.29, 1.82) is 5.26 Å². The van der Waals surface area contributed by atoms with E-state index >= 15 is 0 Å². The van der Waals surface area contributed by atoms with Gasteiger partial charge in [-0.2, -0.15) is 5.26 Å². The van der Waals surface area contributed by atoms with E-state index in [1.807, 2.05) is 18.2 Å². The van der Waals surface area contributed by atoms with Crippen LogP contribution in [0.5, 0.6) is 0 Å². The zero-order valence-electron chi connectivity index (χ0n) is 12.8. The molecule has 1 aromatic rings. The molecule has 1 N–H and O–H groups in total. The number of benzene rings is 1. The smallest absolute Gasteiger partial charge is 0.244 e. The molecule has 0 aromatic heterocycles. The van der Waals surface area contributed by atoms with Crippen LogP contribution in [0.2, 0.25) is 0 Å². The van der Waals surface area contributed by atoms with Crippen molar-refractivity contribution in [2.75, 3.05) is 11.9 Å². The minimum atomic E-state index is -0.415. The molecule has 1 saturated carbocycles. The van der Waals surface area contributed by atoms with E-state index in [4.69, 9.17) is 5.26 Å². The van der Waals surface area contributed by atoms with E-state index in [9.17, 15) is 14.4 Å². The van der Waals surface area contributed by atoms with Crippen LogP contribution in [-0.4, -0.2) is 29.2 Å². The predicted molar refractivity (Wildman–Crippen MR) is 84.2 cm³/mol. The Bertz CT molecular complexity index is 776. The molecule has 4 unspecified atom stereocenters. The number of nitriles is 1. The maximum Gasteiger partial charge on any atom is 0.244 e. The van der Waals surface area contributed by atoms with Gasteiger partial charge >= 0.3 is 0 Å². The summed E-state index contributed by atoms with van der Waals surface area (Å²) >= 11 is 0. The average molecular weight is 321 g/mol. The van der Waals surface area contributed by atoms with Gasteiger partial charge in [-0.1, -0.05) is 12.2 Å². The van der Waals surface area contributed by atoms with Gasteiger partial charge in [-0.15, -0.1) is 0 Å². The molecular formula is C18H15N3O3. The zero-order valence-corrected chi connectivity index (χ0v) is 12.8. The first-order valence-electron chi connectivity index (χ1n) is 7.92. The number of rotatable bonds is 3. The molecule has 4 rings (SSSR count). The molecule has 1 heterocycles. The summed E-state index contributed by atoms with van der Waals surface area (Å²) in [5.74, 6) is -1.15. The van der Waals surface area contributed by atoms with E-state index < -0.39 is 5.91 Å². The van der Waals surface area contributed by atoms with Crippen molar-refractivity contribution >= 4 is 23.4 Å². The summed E-state index contributed by atoms with van der Waals surface area (Å²) < 4.78 is 0. The lowest BCUT2D eigenvalue weighted by molar-refractivity contribution is -0.143. The van der Waals surface area contributed by atoms with E-state index in [2.05, 4.69) is 5.32 Å². The molecule has 3 amide bonds. The molecule has 2 fully saturated rings. The van der Waals surface area contributed by atoms with Crippen LogP contribution in [0, 0.1) is 35.0 Å². The fourth-order valence-electron chi connectivity index (χ4n) is 4.09. The Morgan fingerprint density at radius 1 is 1.12 bits per heavy atom. The summed E-state index contributed by atoms with van der Waals surface area (Å²) in [4.78, 5) is 38.3. The van der Waals surface area contributed by atoms with Gasteiger partial charge in [0.25, 0.3) is 0 Å². The number of imide groups is 1. The number of carbonyl (C=O) groups is 3. The number of fused-ring (bicyclic) bond motifs is 5. The molecule has 3 aliphatic rings. The Morgan fingerprint density at radius 2 is 1.71 bits per heavy atom. The number of allylic oxidation sites excluding steroid dienone is 2. The van der Waals surface area contributed by atoms with Gasteiger partial charge in [-0.25, -0.2) is 0 Å². The summed E-state index contributed by atoms with van der Waals surface area (Å²) in [6, 6.07) is 8.41. The number of carbonyl (C=O) groups excluding carboxylic acids is 3. The van der Waals surface area contributed by atoms with Crippen LogP contribution in [0.25, 0.3) is 0 Å². The number of anilines is 1. The van der Waals surface area contributed by atoms with Gasteiger partial charge in [0, 0.05) is 5.69 Å². The number of likely N-dealkylation sites (tertiary alicyclic amines) is 1. The zero-order chi connectivity index (χ0) is 16.8. The molecule has 6 nitrogen and oxygen atoms in total. The Labute approximate surface area is 138 Å². The Hall–Kier alpha value is -2.94. The third-order valence-corrected chi connectivity index (χ3v) is 5.16. The third kappa shape index (κ3) is 2.13. The van der Waals surface area contributed by atoms with Gasteiger partial charge in [0.15, 0.2) is 0 Å². The highest BCUT2D eigenvalue weighted by molar-refractivity contribution is 6.09. The summed E-state index contributed by atoms with van der Waals surface area (Å²) in [7, 11) is 0. The van der Waals surface area contributed by atoms with E-state index in [1.54, 1.807) is 24.3 Å². The number of amides is 3. The molecule has 1 aliphatic heterocycles. The van der Waals surface area contributed by atoms with Gasteiger partial charge in [0.2, 0.25) is 17.7 Å². The second-order valence-electron chi connectivity index (χ2n) is 6.50. The minimum Gasteiger partial charge on any atom is -0.325 e. The Kier molecular flexibility index (Phi) is 3.24. The van der Waals surface area contributed by atoms with Gasteiger partial charge in [-0.3, -0.25) is 19.3 Å². The number of nitrogens with zero attached hydrogens (tertiary/aromatic N) is 2. The molecule has 4 atom stereocenters. The van der Waals surface area contributed by atoms with Gasteiger partial charge in [0.05, 0.1) is 23.5 Å². The standard InChI is InChI=1S/C18H15N3O3/c19-8-10-1-5-13(6-2-10)20-14(22)9-21-17(23)15-11-3-4-12(7-11)16(15)18(21)24/h1-6,11-12,15-16H,7,9H2,(H,20,22). The normalized spacial score (nSPS) is 29.7. The highest BCUT2D eigenvalue weighted by Crippen LogP contribution is 2.52. The van der Waals surface area contributed by atoms with Crippen LogP contribution in [0.15, 0.2) is 36.4 Å². The first-order valence-corrected chi connectivity index (χ1v) is 7.92. The molecule has 0 radical (unpaired) electrons. The topological polar surface area (TPSA) is 90.3 Å². The maximum absolute atomic E-state index is 12.5. The molecule has 2 aliphatic carbocycles. The van der Waals surface area contributed by atoms with Crippen LogP contribution < -0.4 is 5.32 Å². The molecule has 1 saturated heterocycles. The highest BCUT2D eigenvalue weighted by Gasteiger charge is 2.59. The van der Waals surface area contributed by atoms with E-state index in [-0.39, 0.29) is 42.0 Å². The summed E-state index contributed by atoms with van der Waals surface area (Å²) in [6.07, 6.45) is 4.92. The predicted octanol–water partition coefficient (Wildman–Crippen LogP) is 1.30. The van der Waals surface area contributed by atoms with E-state index in [1.165, 1.54) is 0 Å². The lowest BCUT2D eigenvalue weighted by atomic mass is 9.85. The van der Waals surface area contributed by atoms with Crippen molar-refractivity contribution in [2.24, 2.45) is 23.7 Å². The fraction of sp³-hybridized carbons (Fsp3) is 0.333. The van der Waals surface area contributed by atoms with Crippen LogP contribution in [0.3, 0.4) is 0 Å². The second-order valence-corrected chi connectivity index (χ2v) is 6.50. The van der Waals surface area contributed by atoms with Crippen LogP contribution >= 0.6 is 0 Å². The first kappa shape index (κ1) is 14.6. The molecule has 0 spiro atoms. The lowest BCUT2D eigenvalue weighted by Gasteiger charge is -2.16. The number of nitrogens with one attached hydrogen (secondary N) is 1. The maximum atomic E-state index is 12.5. The second kappa shape index (κ2) is 5.31. The average Bonchev–Trinajstić information content (AvgIpc) is 3.25. The van der Waals surface area contributed by atoms with Crippen LogP contribution in [0.4, 0.5) is 5.69 Å². The SMILES string of the molecule is N#Cc1ccc(NC(=O)CN2C(=O)C3C4C=CC(C4)C3C2=O)cc1. The molecule has 24 heavy (non-hydrogen) atoms. The fourth-order valence-corrected chi connectivity index (χ4v) is 4.09. The summed E-state index contributed by atoms with van der Waals surface area (Å²) in [5, 5.41) is 11.4. The van der Waals surface area contributed by atoms with Crippen molar-refractivity contribution in [3.8, 4) is 6.07 Å². The third-order valence-electron chi connectivity index (χ3n) is 5.16. The summed E-state index contributed by atoms with van der Waals surface area (Å²) in [5.41, 5.74) is 1.02. The van der Waals surface area contributed by atoms with Gasteiger partial charge in [-0.05, 0) is 42.5 Å². The molecule has 2 bridgehead atoms. The Morgan fingerprint density at radius 3 is 2.25 bits per heavy atom. The largest absolute Gasteiger partial charge is 0.325 e. The van der Waals surface area contributed by atoms with Crippen molar-refractivity contribution in [2.45, 2.75) is 6.42 Å². The Balaban J connectivity index is 1.44. The van der Waals surface area contributed by atoms with Gasteiger partial charge < -0.3 is 5.32 Å². The van der Waals surface area contributed by atoms with Crippen molar-refractivity contribution in [3.05, 3.63) is 42.0 Å². The highest BCUT2D eigenvalue weighted by atomic mass is 16.2. The number of hydrogen-bond donors (Lipinski definition) is 1. The minimum absolute atomic E-state index is 0.142. The molecule has 120 valence electrons. The molecule has 6 heteroatoms. The number of hydrogen-bond acceptors (Lipinski definition) is 4. The lowest BCUT2D eigenvalue weighted by Crippen LogP contribution is -2.39. The van der Waals surface area contributed by atoms with E-state index in [0.717, 1.165) is 11.3 Å². The van der Waals surface area contributed by atoms with Gasteiger partial charge in [0.1, 0.15) is 6.54 Å². The summed E-state index contributed by atoms with van der Waals surface area (Å²) in [6.45, 7) is -0.260. The van der Waals surface area contributed by atoms with Crippen molar-refractivity contribution in [3.63, 3.8) is 0 Å². The first-order chi connectivity index (χ1) is 11.6. The van der Waals surface area contributed by atoms with Crippen molar-refractivity contribution in [1.82, 2.24) is 4.90 Å².